The van der Waals surface area contributed by atoms with Gasteiger partial charge in [0.2, 0.25) is 0 Å². The summed E-state index contributed by atoms with van der Waals surface area (Å²) < 4.78 is 21.5. The molecule has 0 radical (unpaired) electrons. The number of alkyl carbamates (subject to hydrolysis) is 1. The zero-order valence-electron chi connectivity index (χ0n) is 18.6. The van der Waals surface area contributed by atoms with Crippen LogP contribution in [0.15, 0.2) is 48.5 Å². The first kappa shape index (κ1) is 24.2. The third-order valence-corrected chi connectivity index (χ3v) is 4.39. The molecule has 2 aromatic rings. The van der Waals surface area contributed by atoms with E-state index in [-0.39, 0.29) is 19.3 Å². The fourth-order valence-electron chi connectivity index (χ4n) is 3.00. The number of ether oxygens (including phenoxy) is 4. The van der Waals surface area contributed by atoms with E-state index in [1.54, 1.807) is 20.1 Å². The summed E-state index contributed by atoms with van der Waals surface area (Å²) in [6.07, 6.45) is -0.992. The predicted molar refractivity (Wildman–Crippen MR) is 117 cm³/mol. The van der Waals surface area contributed by atoms with E-state index in [2.05, 4.69) is 5.32 Å². The molecule has 1 atom stereocenters. The van der Waals surface area contributed by atoms with Crippen molar-refractivity contribution in [1.82, 2.24) is 5.32 Å². The highest BCUT2D eigenvalue weighted by atomic mass is 16.6. The number of hydrogen-bond donors (Lipinski definition) is 1. The Bertz CT molecular complexity index is 837. The number of methoxy groups -OCH3 is 1. The van der Waals surface area contributed by atoms with Crippen LogP contribution in [0, 0.1) is 0 Å². The van der Waals surface area contributed by atoms with Crippen LogP contribution in [0.2, 0.25) is 0 Å². The molecule has 0 aliphatic rings. The largest absolute Gasteiger partial charge is 0.496 e. The molecular weight excluding hydrogens is 398 g/mol. The van der Waals surface area contributed by atoms with E-state index in [1.165, 1.54) is 0 Å². The molecule has 0 fully saturated rings. The van der Waals surface area contributed by atoms with Gasteiger partial charge in [-0.3, -0.25) is 0 Å². The van der Waals surface area contributed by atoms with Crippen LogP contribution in [-0.2, 0) is 38.6 Å². The minimum atomic E-state index is -0.704. The number of carbonyl (C=O) groups excluding carboxylic acids is 2. The Balaban J connectivity index is 2.01. The number of rotatable bonds is 11. The Labute approximate surface area is 183 Å². The Morgan fingerprint density at radius 2 is 1.74 bits per heavy atom. The molecule has 0 bridgehead atoms. The third kappa shape index (κ3) is 8.30. The molecule has 0 saturated carbocycles. The second kappa shape index (κ2) is 12.6. The molecule has 1 N–H and O–H groups in total. The first-order valence-electron chi connectivity index (χ1n) is 10.3. The number of benzene rings is 2. The summed E-state index contributed by atoms with van der Waals surface area (Å²) in [5.74, 6) is 0.237. The molecule has 0 aliphatic carbocycles. The van der Waals surface area contributed by atoms with Gasteiger partial charge in [-0.25, -0.2) is 9.59 Å². The van der Waals surface area contributed by atoms with Gasteiger partial charge >= 0.3 is 12.1 Å². The maximum Gasteiger partial charge on any atom is 0.407 e. The normalized spacial score (nSPS) is 11.6. The van der Waals surface area contributed by atoms with Crippen molar-refractivity contribution >= 4 is 12.1 Å². The zero-order chi connectivity index (χ0) is 22.6. The summed E-state index contributed by atoms with van der Waals surface area (Å²) in [4.78, 5) is 24.3. The van der Waals surface area contributed by atoms with Crippen LogP contribution in [0.4, 0.5) is 4.79 Å². The SMILES string of the molecule is CCOC(=O)C(Cc1ccc(OC)c(CNC(=O)OCc2ccccc2)c1)OC(C)C. The summed E-state index contributed by atoms with van der Waals surface area (Å²) in [5.41, 5.74) is 2.55. The first-order chi connectivity index (χ1) is 14.9. The lowest BCUT2D eigenvalue weighted by Crippen LogP contribution is -2.31. The highest BCUT2D eigenvalue weighted by Gasteiger charge is 2.23. The Morgan fingerprint density at radius 3 is 2.39 bits per heavy atom. The first-order valence-corrected chi connectivity index (χ1v) is 10.3. The minimum absolute atomic E-state index is 0.117. The molecule has 31 heavy (non-hydrogen) atoms. The van der Waals surface area contributed by atoms with Gasteiger partial charge in [-0.1, -0.05) is 42.5 Å². The quantitative estimate of drug-likeness (QED) is 0.543. The van der Waals surface area contributed by atoms with E-state index in [0.29, 0.717) is 18.8 Å². The van der Waals surface area contributed by atoms with Crippen LogP contribution in [0.25, 0.3) is 0 Å². The highest BCUT2D eigenvalue weighted by molar-refractivity contribution is 5.75. The second-order valence-corrected chi connectivity index (χ2v) is 7.19. The van der Waals surface area contributed by atoms with Gasteiger partial charge in [-0.05, 0) is 38.0 Å². The topological polar surface area (TPSA) is 83.1 Å². The molecule has 168 valence electrons. The molecule has 0 heterocycles. The number of nitrogens with one attached hydrogen (secondary N) is 1. The maximum absolute atomic E-state index is 12.2. The van der Waals surface area contributed by atoms with E-state index in [4.69, 9.17) is 18.9 Å². The number of amides is 1. The van der Waals surface area contributed by atoms with Crippen molar-refractivity contribution in [3.05, 3.63) is 65.2 Å². The number of esters is 1. The van der Waals surface area contributed by atoms with E-state index in [1.807, 2.05) is 56.3 Å². The van der Waals surface area contributed by atoms with Crippen molar-refractivity contribution in [2.45, 2.75) is 52.6 Å². The molecule has 1 amide bonds. The van der Waals surface area contributed by atoms with Crippen molar-refractivity contribution in [3.8, 4) is 5.75 Å². The third-order valence-electron chi connectivity index (χ3n) is 4.39. The Kier molecular flexibility index (Phi) is 9.84. The molecule has 2 rings (SSSR count). The van der Waals surface area contributed by atoms with Gasteiger partial charge in [0.1, 0.15) is 12.4 Å². The van der Waals surface area contributed by atoms with Crippen molar-refractivity contribution in [2.75, 3.05) is 13.7 Å². The second-order valence-electron chi connectivity index (χ2n) is 7.19. The van der Waals surface area contributed by atoms with Gasteiger partial charge in [-0.15, -0.1) is 0 Å². The predicted octanol–water partition coefficient (Wildman–Crippen LogP) is 4.02. The van der Waals surface area contributed by atoms with Crippen LogP contribution in [0.5, 0.6) is 5.75 Å². The summed E-state index contributed by atoms with van der Waals surface area (Å²) in [6, 6.07) is 15.0. The smallest absolute Gasteiger partial charge is 0.407 e. The Morgan fingerprint density at radius 1 is 1.00 bits per heavy atom. The fourth-order valence-corrected chi connectivity index (χ4v) is 3.00. The van der Waals surface area contributed by atoms with Crippen molar-refractivity contribution in [2.24, 2.45) is 0 Å². The molecule has 0 spiro atoms. The zero-order valence-corrected chi connectivity index (χ0v) is 18.6. The minimum Gasteiger partial charge on any atom is -0.496 e. The van der Waals surface area contributed by atoms with Crippen LogP contribution in [-0.4, -0.2) is 38.0 Å². The summed E-state index contributed by atoms with van der Waals surface area (Å²) in [7, 11) is 1.57. The molecule has 2 aromatic carbocycles. The average Bonchev–Trinajstić information content (AvgIpc) is 2.76. The van der Waals surface area contributed by atoms with E-state index < -0.39 is 18.2 Å². The molecule has 0 aromatic heterocycles. The van der Waals surface area contributed by atoms with E-state index in [0.717, 1.165) is 16.7 Å². The number of hydrogen-bond acceptors (Lipinski definition) is 6. The van der Waals surface area contributed by atoms with Crippen molar-refractivity contribution < 1.29 is 28.5 Å². The van der Waals surface area contributed by atoms with Gasteiger partial charge in [0, 0.05) is 18.5 Å². The van der Waals surface area contributed by atoms with Gasteiger partial charge in [0.05, 0.1) is 19.8 Å². The molecular formula is C24H31NO6. The maximum atomic E-state index is 12.2. The van der Waals surface area contributed by atoms with Crippen LogP contribution < -0.4 is 10.1 Å². The molecule has 0 saturated heterocycles. The standard InChI is InChI=1S/C24H31NO6/c1-5-29-23(26)22(31-17(2)3)14-19-11-12-21(28-4)20(13-19)15-25-24(27)30-16-18-9-7-6-8-10-18/h6-13,17,22H,5,14-16H2,1-4H3,(H,25,27). The molecule has 1 unspecified atom stereocenters. The lowest BCUT2D eigenvalue weighted by molar-refractivity contribution is -0.159. The average molecular weight is 430 g/mol. The van der Waals surface area contributed by atoms with E-state index >= 15 is 0 Å². The molecule has 7 nitrogen and oxygen atoms in total. The van der Waals surface area contributed by atoms with Gasteiger partial charge < -0.3 is 24.3 Å². The van der Waals surface area contributed by atoms with Crippen molar-refractivity contribution in [3.63, 3.8) is 0 Å². The summed E-state index contributed by atoms with van der Waals surface area (Å²) in [5, 5.41) is 2.74. The van der Waals surface area contributed by atoms with Crippen LogP contribution in [0.3, 0.4) is 0 Å². The van der Waals surface area contributed by atoms with Crippen LogP contribution in [0.1, 0.15) is 37.5 Å². The van der Waals surface area contributed by atoms with Gasteiger partial charge in [-0.2, -0.15) is 0 Å². The lowest BCUT2D eigenvalue weighted by atomic mass is 10.0. The van der Waals surface area contributed by atoms with Crippen molar-refractivity contribution in [1.29, 1.82) is 0 Å². The molecule has 0 aliphatic heterocycles. The fraction of sp³-hybridized carbons (Fsp3) is 0.417. The van der Waals surface area contributed by atoms with E-state index in [9.17, 15) is 9.59 Å². The lowest BCUT2D eigenvalue weighted by Gasteiger charge is -2.20. The van der Waals surface area contributed by atoms with Gasteiger partial charge in [0.15, 0.2) is 6.10 Å². The summed E-state index contributed by atoms with van der Waals surface area (Å²) >= 11 is 0. The monoisotopic (exact) mass is 429 g/mol. The molecule has 7 heteroatoms. The number of carbonyl (C=O) groups is 2. The Hall–Kier alpha value is -3.06. The summed E-state index contributed by atoms with van der Waals surface area (Å²) in [6.45, 7) is 6.21. The van der Waals surface area contributed by atoms with Gasteiger partial charge in [0.25, 0.3) is 0 Å². The highest BCUT2D eigenvalue weighted by Crippen LogP contribution is 2.22. The van der Waals surface area contributed by atoms with Crippen LogP contribution >= 0.6 is 0 Å².